The Morgan fingerprint density at radius 3 is 2.44 bits per heavy atom. The molecule has 1 aromatic heterocycles. The lowest BCUT2D eigenvalue weighted by molar-refractivity contribution is 0.145. The van der Waals surface area contributed by atoms with Crippen LogP contribution in [0.25, 0.3) is 0 Å². The van der Waals surface area contributed by atoms with Crippen molar-refractivity contribution in [3.05, 3.63) is 21.3 Å². The van der Waals surface area contributed by atoms with Crippen LogP contribution in [0, 0.1) is 0 Å². The summed E-state index contributed by atoms with van der Waals surface area (Å²) in [6, 6.07) is 1.60. The van der Waals surface area contributed by atoms with E-state index in [0.29, 0.717) is 15.9 Å². The van der Waals surface area contributed by atoms with Crippen molar-refractivity contribution in [3.63, 3.8) is 0 Å². The zero-order chi connectivity index (χ0) is 11.7. The molecule has 0 aliphatic carbocycles. The van der Waals surface area contributed by atoms with Gasteiger partial charge in [0.2, 0.25) is 0 Å². The second-order valence-electron chi connectivity index (χ2n) is 3.78. The minimum Gasteiger partial charge on any atom is -0.393 e. The lowest BCUT2D eigenvalue weighted by Crippen LogP contribution is -2.36. The maximum absolute atomic E-state index is 9.41. The third kappa shape index (κ3) is 2.54. The Labute approximate surface area is 109 Å². The Kier molecular flexibility index (Phi) is 3.80. The topological polar surface area (TPSA) is 36.4 Å². The number of aromatic nitrogens is 1. The number of rotatable bonds is 1. The van der Waals surface area contributed by atoms with Crippen LogP contribution in [0.2, 0.25) is 15.2 Å². The molecule has 3 nitrogen and oxygen atoms in total. The highest BCUT2D eigenvalue weighted by Gasteiger charge is 2.21. The number of anilines is 1. The second-order valence-corrected chi connectivity index (χ2v) is 4.96. The van der Waals surface area contributed by atoms with Gasteiger partial charge in [0.1, 0.15) is 11.0 Å². The third-order valence-electron chi connectivity index (χ3n) is 2.63. The first-order chi connectivity index (χ1) is 7.58. The molecule has 0 radical (unpaired) electrons. The summed E-state index contributed by atoms with van der Waals surface area (Å²) in [7, 11) is 0. The smallest absolute Gasteiger partial charge is 0.150 e. The van der Waals surface area contributed by atoms with E-state index in [1.54, 1.807) is 6.07 Å². The van der Waals surface area contributed by atoms with Gasteiger partial charge in [-0.05, 0) is 18.9 Å². The molecular formula is C10H11Cl3N2O. The van der Waals surface area contributed by atoms with Gasteiger partial charge in [-0.25, -0.2) is 4.98 Å². The highest BCUT2D eigenvalue weighted by Crippen LogP contribution is 2.32. The molecule has 2 rings (SSSR count). The normalized spacial score (nSPS) is 17.9. The van der Waals surface area contributed by atoms with Gasteiger partial charge in [0.05, 0.1) is 16.1 Å². The number of halogens is 3. The van der Waals surface area contributed by atoms with Crippen LogP contribution in [0.5, 0.6) is 0 Å². The fraction of sp³-hybridized carbons (Fsp3) is 0.500. The second kappa shape index (κ2) is 4.96. The number of nitrogens with zero attached hydrogens (tertiary/aromatic N) is 2. The molecule has 1 N–H and O–H groups in total. The molecule has 0 aromatic carbocycles. The fourth-order valence-electron chi connectivity index (χ4n) is 1.73. The predicted molar refractivity (Wildman–Crippen MR) is 66.7 cm³/mol. The van der Waals surface area contributed by atoms with Crippen LogP contribution in [0.15, 0.2) is 6.07 Å². The van der Waals surface area contributed by atoms with E-state index < -0.39 is 0 Å². The van der Waals surface area contributed by atoms with Gasteiger partial charge in [0, 0.05) is 13.1 Å². The maximum Gasteiger partial charge on any atom is 0.150 e. The average Bonchev–Trinajstić information content (AvgIpc) is 2.25. The highest BCUT2D eigenvalue weighted by molar-refractivity contribution is 6.42. The fourth-order valence-corrected chi connectivity index (χ4v) is 2.35. The van der Waals surface area contributed by atoms with Gasteiger partial charge >= 0.3 is 0 Å². The Morgan fingerprint density at radius 1 is 1.19 bits per heavy atom. The summed E-state index contributed by atoms with van der Waals surface area (Å²) in [6.07, 6.45) is 1.22. The molecule has 1 aliphatic rings. The summed E-state index contributed by atoms with van der Waals surface area (Å²) < 4.78 is 0. The zero-order valence-corrected chi connectivity index (χ0v) is 10.7. The molecule has 2 heterocycles. The summed E-state index contributed by atoms with van der Waals surface area (Å²) in [6.45, 7) is 1.46. The van der Waals surface area contributed by atoms with Crippen LogP contribution in [0.1, 0.15) is 12.8 Å². The maximum atomic E-state index is 9.41. The van der Waals surface area contributed by atoms with Gasteiger partial charge in [-0.1, -0.05) is 34.8 Å². The molecule has 0 spiro atoms. The van der Waals surface area contributed by atoms with Crippen molar-refractivity contribution >= 4 is 40.6 Å². The number of hydrogen-bond acceptors (Lipinski definition) is 3. The number of piperidine rings is 1. The van der Waals surface area contributed by atoms with E-state index in [-0.39, 0.29) is 11.3 Å². The summed E-state index contributed by atoms with van der Waals surface area (Å²) >= 11 is 17.7. The van der Waals surface area contributed by atoms with E-state index in [1.165, 1.54) is 0 Å². The van der Waals surface area contributed by atoms with E-state index in [2.05, 4.69) is 4.98 Å². The monoisotopic (exact) mass is 280 g/mol. The van der Waals surface area contributed by atoms with Crippen molar-refractivity contribution in [2.45, 2.75) is 18.9 Å². The molecule has 0 amide bonds. The molecule has 0 bridgehead atoms. The Hall–Kier alpha value is -0.220. The molecule has 1 saturated heterocycles. The molecule has 88 valence electrons. The predicted octanol–water partition coefficient (Wildman–Crippen LogP) is 3.00. The minimum absolute atomic E-state index is 0.224. The lowest BCUT2D eigenvalue weighted by atomic mass is 10.1. The molecule has 0 saturated carbocycles. The van der Waals surface area contributed by atoms with E-state index in [9.17, 15) is 5.11 Å². The van der Waals surface area contributed by atoms with Crippen LogP contribution in [-0.2, 0) is 0 Å². The Bertz CT molecular complexity index is 392. The lowest BCUT2D eigenvalue weighted by Gasteiger charge is -2.31. The molecule has 1 fully saturated rings. The van der Waals surface area contributed by atoms with E-state index >= 15 is 0 Å². The number of aliphatic hydroxyl groups is 1. The molecule has 1 aromatic rings. The van der Waals surface area contributed by atoms with Crippen LogP contribution >= 0.6 is 34.8 Å². The third-order valence-corrected chi connectivity index (χ3v) is 3.58. The van der Waals surface area contributed by atoms with Gasteiger partial charge in [-0.15, -0.1) is 0 Å². The summed E-state index contributed by atoms with van der Waals surface area (Å²) in [5.74, 6) is 0.642. The van der Waals surface area contributed by atoms with Crippen molar-refractivity contribution in [1.29, 1.82) is 0 Å². The zero-order valence-electron chi connectivity index (χ0n) is 8.46. The van der Waals surface area contributed by atoms with Crippen molar-refractivity contribution < 1.29 is 5.11 Å². The van der Waals surface area contributed by atoms with Gasteiger partial charge in [0.25, 0.3) is 0 Å². The first-order valence-electron chi connectivity index (χ1n) is 5.02. The SMILES string of the molecule is OC1CCN(c2nc(Cl)c(Cl)cc2Cl)CC1. The molecule has 0 unspecified atom stereocenters. The quantitative estimate of drug-likeness (QED) is 0.804. The molecule has 16 heavy (non-hydrogen) atoms. The largest absolute Gasteiger partial charge is 0.393 e. The summed E-state index contributed by atoms with van der Waals surface area (Å²) in [5, 5.41) is 10.5. The number of aliphatic hydroxyl groups excluding tert-OH is 1. The van der Waals surface area contributed by atoms with Crippen molar-refractivity contribution in [1.82, 2.24) is 4.98 Å². The summed E-state index contributed by atoms with van der Waals surface area (Å²) in [5.41, 5.74) is 0. The molecule has 6 heteroatoms. The minimum atomic E-state index is -0.224. The molecule has 1 aliphatic heterocycles. The van der Waals surface area contributed by atoms with Gasteiger partial charge < -0.3 is 10.0 Å². The molecular weight excluding hydrogens is 270 g/mol. The van der Waals surface area contributed by atoms with E-state index in [0.717, 1.165) is 25.9 Å². The Balaban J connectivity index is 2.23. The van der Waals surface area contributed by atoms with Crippen LogP contribution < -0.4 is 4.90 Å². The first-order valence-corrected chi connectivity index (χ1v) is 6.16. The first kappa shape index (κ1) is 12.2. The highest BCUT2D eigenvalue weighted by atomic mass is 35.5. The van der Waals surface area contributed by atoms with Gasteiger partial charge in [-0.2, -0.15) is 0 Å². The van der Waals surface area contributed by atoms with E-state index in [1.807, 2.05) is 4.90 Å². The van der Waals surface area contributed by atoms with Crippen molar-refractivity contribution in [3.8, 4) is 0 Å². The van der Waals surface area contributed by atoms with Gasteiger partial charge in [-0.3, -0.25) is 0 Å². The van der Waals surface area contributed by atoms with Crippen molar-refractivity contribution in [2.24, 2.45) is 0 Å². The van der Waals surface area contributed by atoms with E-state index in [4.69, 9.17) is 34.8 Å². The standard InChI is InChI=1S/C10H11Cl3N2O/c11-7-5-8(12)10(14-9(7)13)15-3-1-6(16)2-4-15/h5-6,16H,1-4H2. The van der Waals surface area contributed by atoms with Crippen molar-refractivity contribution in [2.75, 3.05) is 18.0 Å². The molecule has 0 atom stereocenters. The average molecular weight is 282 g/mol. The number of hydrogen-bond donors (Lipinski definition) is 1. The van der Waals surface area contributed by atoms with Gasteiger partial charge in [0.15, 0.2) is 0 Å². The summed E-state index contributed by atoms with van der Waals surface area (Å²) in [4.78, 5) is 6.18. The Morgan fingerprint density at radius 2 is 1.81 bits per heavy atom. The number of pyridine rings is 1. The van der Waals surface area contributed by atoms with Crippen LogP contribution in [0.3, 0.4) is 0 Å². The van der Waals surface area contributed by atoms with Crippen LogP contribution in [-0.4, -0.2) is 29.3 Å². The van der Waals surface area contributed by atoms with Crippen LogP contribution in [0.4, 0.5) is 5.82 Å².